The minimum Gasteiger partial charge on any atom is -0.348 e. The summed E-state index contributed by atoms with van der Waals surface area (Å²) in [5.74, 6) is 5.66. The summed E-state index contributed by atoms with van der Waals surface area (Å²) in [4.78, 5) is 16.9. The first-order chi connectivity index (χ1) is 13.3. The number of anilines is 1. The van der Waals surface area contributed by atoms with Crippen LogP contribution in [0.15, 0.2) is 60.9 Å². The van der Waals surface area contributed by atoms with Crippen molar-refractivity contribution in [2.24, 2.45) is 5.84 Å². The van der Waals surface area contributed by atoms with Crippen molar-refractivity contribution in [2.75, 3.05) is 5.43 Å². The number of nitrogens with one attached hydrogen (secondary N) is 2. The predicted molar refractivity (Wildman–Crippen MR) is 106 cm³/mol. The van der Waals surface area contributed by atoms with Crippen LogP contribution < -0.4 is 16.6 Å². The van der Waals surface area contributed by atoms with Gasteiger partial charge in [-0.25, -0.2) is 0 Å². The van der Waals surface area contributed by atoms with Crippen LogP contribution in [-0.2, 0) is 25.8 Å². The molecule has 0 aliphatic heterocycles. The van der Waals surface area contributed by atoms with E-state index in [2.05, 4.69) is 27.9 Å². The predicted octanol–water partition coefficient (Wildman–Crippen LogP) is 2.99. The Kier molecular flexibility index (Phi) is 4.85. The standard InChI is InChI=1S/C22H22N4O/c23-26-21-8-2-5-16-9-10-18-17(12-20(16)21)6-1-7-19(18)22(27)25-14-15-4-3-11-24-13-15/h1-8,11,13,26H,9-10,12,14,23H2,(H,25,27). The number of rotatable bonds is 4. The van der Waals surface area contributed by atoms with Gasteiger partial charge < -0.3 is 10.7 Å². The Morgan fingerprint density at radius 3 is 2.67 bits per heavy atom. The molecule has 0 bridgehead atoms. The van der Waals surface area contributed by atoms with Gasteiger partial charge in [-0.1, -0.05) is 30.3 Å². The lowest BCUT2D eigenvalue weighted by Crippen LogP contribution is -2.24. The molecule has 0 unspecified atom stereocenters. The lowest BCUT2D eigenvalue weighted by atomic mass is 9.95. The summed E-state index contributed by atoms with van der Waals surface area (Å²) in [6.45, 7) is 0.470. The number of carbonyl (C=O) groups excluding carboxylic acids is 1. The van der Waals surface area contributed by atoms with Crippen LogP contribution in [0.1, 0.15) is 38.2 Å². The van der Waals surface area contributed by atoms with Gasteiger partial charge >= 0.3 is 0 Å². The fourth-order valence-corrected chi connectivity index (χ4v) is 3.75. The van der Waals surface area contributed by atoms with E-state index in [4.69, 9.17) is 5.84 Å². The van der Waals surface area contributed by atoms with Gasteiger partial charge in [0.05, 0.1) is 5.69 Å². The molecule has 3 aromatic rings. The summed E-state index contributed by atoms with van der Waals surface area (Å²) >= 11 is 0. The molecule has 5 nitrogen and oxygen atoms in total. The van der Waals surface area contributed by atoms with E-state index < -0.39 is 0 Å². The minimum absolute atomic E-state index is 0.0427. The first-order valence-corrected chi connectivity index (χ1v) is 9.11. The van der Waals surface area contributed by atoms with Gasteiger partial charge in [-0.15, -0.1) is 0 Å². The third-order valence-electron chi connectivity index (χ3n) is 5.13. The van der Waals surface area contributed by atoms with Crippen molar-refractivity contribution in [3.8, 4) is 0 Å². The van der Waals surface area contributed by atoms with Gasteiger partial charge in [0.25, 0.3) is 5.91 Å². The van der Waals surface area contributed by atoms with E-state index >= 15 is 0 Å². The molecule has 5 heteroatoms. The van der Waals surface area contributed by atoms with Crippen LogP contribution in [0.3, 0.4) is 0 Å². The third-order valence-corrected chi connectivity index (χ3v) is 5.13. The zero-order valence-electron chi connectivity index (χ0n) is 15.0. The summed E-state index contributed by atoms with van der Waals surface area (Å²) in [6.07, 6.45) is 6.00. The number of nitrogen functional groups attached to an aromatic ring is 1. The molecule has 1 aromatic heterocycles. The highest BCUT2D eigenvalue weighted by molar-refractivity contribution is 5.96. The van der Waals surface area contributed by atoms with E-state index in [1.807, 2.05) is 36.4 Å². The molecule has 1 heterocycles. The van der Waals surface area contributed by atoms with Crippen LogP contribution in [0, 0.1) is 0 Å². The minimum atomic E-state index is -0.0427. The van der Waals surface area contributed by atoms with E-state index in [0.717, 1.165) is 41.6 Å². The second-order valence-corrected chi connectivity index (χ2v) is 6.75. The molecule has 4 rings (SSSR count). The smallest absolute Gasteiger partial charge is 0.251 e. The van der Waals surface area contributed by atoms with Crippen LogP contribution in [0.2, 0.25) is 0 Å². The van der Waals surface area contributed by atoms with Crippen LogP contribution in [0.4, 0.5) is 5.69 Å². The van der Waals surface area contributed by atoms with Gasteiger partial charge in [0.2, 0.25) is 0 Å². The Bertz CT molecular complexity index is 969. The fraction of sp³-hybridized carbons (Fsp3) is 0.182. The number of aryl methyl sites for hydroxylation is 1. The van der Waals surface area contributed by atoms with Crippen molar-refractivity contribution < 1.29 is 4.79 Å². The van der Waals surface area contributed by atoms with Gasteiger partial charge in [-0.2, -0.15) is 0 Å². The number of benzene rings is 2. The van der Waals surface area contributed by atoms with Gasteiger partial charge in [0.15, 0.2) is 0 Å². The normalized spacial score (nSPS) is 12.5. The summed E-state index contributed by atoms with van der Waals surface area (Å²) in [5, 5.41) is 3.02. The third kappa shape index (κ3) is 3.55. The van der Waals surface area contributed by atoms with Crippen molar-refractivity contribution in [3.05, 3.63) is 94.3 Å². The van der Waals surface area contributed by atoms with Crippen molar-refractivity contribution >= 4 is 11.6 Å². The van der Waals surface area contributed by atoms with Crippen LogP contribution >= 0.6 is 0 Å². The molecule has 0 radical (unpaired) electrons. The summed E-state index contributed by atoms with van der Waals surface area (Å²) in [7, 11) is 0. The molecule has 136 valence electrons. The molecule has 0 fully saturated rings. The Morgan fingerprint density at radius 1 is 1.00 bits per heavy atom. The van der Waals surface area contributed by atoms with E-state index in [0.29, 0.717) is 6.54 Å². The highest BCUT2D eigenvalue weighted by Gasteiger charge is 2.20. The number of nitrogens with zero attached hydrogens (tertiary/aromatic N) is 1. The monoisotopic (exact) mass is 358 g/mol. The first-order valence-electron chi connectivity index (χ1n) is 9.11. The number of aromatic nitrogens is 1. The van der Waals surface area contributed by atoms with Crippen LogP contribution in [-0.4, -0.2) is 10.9 Å². The molecule has 1 aliphatic carbocycles. The lowest BCUT2D eigenvalue weighted by molar-refractivity contribution is 0.0950. The maximum Gasteiger partial charge on any atom is 0.251 e. The van der Waals surface area contributed by atoms with E-state index in [1.54, 1.807) is 12.4 Å². The van der Waals surface area contributed by atoms with Gasteiger partial charge in [0.1, 0.15) is 0 Å². The maximum atomic E-state index is 12.8. The summed E-state index contributed by atoms with van der Waals surface area (Å²) in [5.41, 5.74) is 10.3. The lowest BCUT2D eigenvalue weighted by Gasteiger charge is -2.13. The number of hydrogen-bond donors (Lipinski definition) is 3. The largest absolute Gasteiger partial charge is 0.348 e. The van der Waals surface area contributed by atoms with Crippen molar-refractivity contribution in [3.63, 3.8) is 0 Å². The average molecular weight is 358 g/mol. The van der Waals surface area contributed by atoms with Gasteiger partial charge in [0, 0.05) is 30.9 Å². The number of hydrogen-bond acceptors (Lipinski definition) is 4. The van der Waals surface area contributed by atoms with Gasteiger partial charge in [-0.05, 0) is 58.9 Å². The molecule has 1 amide bonds. The highest BCUT2D eigenvalue weighted by Crippen LogP contribution is 2.30. The van der Waals surface area contributed by atoms with Crippen molar-refractivity contribution in [2.45, 2.75) is 25.8 Å². The second kappa shape index (κ2) is 7.60. The van der Waals surface area contributed by atoms with Crippen LogP contribution in [0.5, 0.6) is 0 Å². The highest BCUT2D eigenvalue weighted by atomic mass is 16.1. The maximum absolute atomic E-state index is 12.8. The number of carbonyl (C=O) groups is 1. The van der Waals surface area contributed by atoms with Crippen molar-refractivity contribution in [1.82, 2.24) is 10.3 Å². The van der Waals surface area contributed by atoms with Gasteiger partial charge in [-0.3, -0.25) is 15.6 Å². The Morgan fingerprint density at radius 2 is 1.85 bits per heavy atom. The average Bonchev–Trinajstić information content (AvgIpc) is 2.91. The first kappa shape index (κ1) is 17.2. The number of pyridine rings is 1. The zero-order valence-corrected chi connectivity index (χ0v) is 15.0. The molecule has 0 atom stereocenters. The molecule has 2 aromatic carbocycles. The molecule has 4 N–H and O–H groups in total. The zero-order chi connectivity index (χ0) is 18.6. The topological polar surface area (TPSA) is 80.0 Å². The summed E-state index contributed by atoms with van der Waals surface area (Å²) < 4.78 is 0. The number of fused-ring (bicyclic) bond motifs is 2. The quantitative estimate of drug-likeness (QED) is 0.495. The summed E-state index contributed by atoms with van der Waals surface area (Å²) in [6, 6.07) is 16.0. The number of amides is 1. The van der Waals surface area contributed by atoms with Crippen LogP contribution in [0.25, 0.3) is 0 Å². The second-order valence-electron chi connectivity index (χ2n) is 6.75. The molecule has 0 saturated heterocycles. The molecule has 27 heavy (non-hydrogen) atoms. The Balaban J connectivity index is 1.60. The van der Waals surface area contributed by atoms with Crippen molar-refractivity contribution in [1.29, 1.82) is 0 Å². The molecule has 0 spiro atoms. The SMILES string of the molecule is NNc1cccc2c1Cc1cccc(C(=O)NCc3cccnc3)c1CC2. The van der Waals surface area contributed by atoms with E-state index in [-0.39, 0.29) is 5.91 Å². The molecular weight excluding hydrogens is 336 g/mol. The molecular formula is C22H22N4O. The molecule has 1 aliphatic rings. The number of hydrazine groups is 1. The number of nitrogens with two attached hydrogens (primary N) is 1. The van der Waals surface area contributed by atoms with E-state index in [1.165, 1.54) is 16.7 Å². The molecule has 0 saturated carbocycles. The Labute approximate surface area is 158 Å². The van der Waals surface area contributed by atoms with E-state index in [9.17, 15) is 4.79 Å². The fourth-order valence-electron chi connectivity index (χ4n) is 3.75. The Hall–Kier alpha value is -3.18.